The van der Waals surface area contributed by atoms with Gasteiger partial charge in [0.15, 0.2) is 0 Å². The number of hydrogen-bond donors (Lipinski definition) is 1. The second-order valence-electron chi connectivity index (χ2n) is 8.13. The van der Waals surface area contributed by atoms with E-state index in [-0.39, 0.29) is 28.1 Å². The van der Waals surface area contributed by atoms with E-state index in [1.165, 1.54) is 61.5 Å². The highest BCUT2D eigenvalue weighted by Crippen LogP contribution is 2.40. The predicted octanol–water partition coefficient (Wildman–Crippen LogP) is 2.06. The highest BCUT2D eigenvalue weighted by molar-refractivity contribution is 7.89. The largest absolute Gasteiger partial charge is 0.507 e. The van der Waals surface area contributed by atoms with Gasteiger partial charge in [0.1, 0.15) is 11.6 Å². The standard InChI is InChI=1S/C23H26FN3O5S/c1-25(2)13-14-27-20(17-7-5-6-8-18(17)24)19(22(29)23(27)30)21(28)15-9-11-16(12-10-15)33(31,32)26(3)4/h5-12,20,28H,13-14H2,1-4H3/t20-/m0/s1. The molecule has 2 aromatic carbocycles. The Bertz CT molecular complexity index is 1210. The van der Waals surface area contributed by atoms with Crippen LogP contribution < -0.4 is 0 Å². The molecule has 0 spiro atoms. The van der Waals surface area contributed by atoms with Gasteiger partial charge in [0, 0.05) is 38.3 Å². The molecule has 0 saturated carbocycles. The molecule has 1 fully saturated rings. The first-order valence-electron chi connectivity index (χ1n) is 10.2. The van der Waals surface area contributed by atoms with Crippen molar-refractivity contribution in [1.82, 2.24) is 14.1 Å². The lowest BCUT2D eigenvalue weighted by atomic mass is 9.95. The Morgan fingerprint density at radius 2 is 1.64 bits per heavy atom. The Kier molecular flexibility index (Phi) is 7.01. The molecule has 176 valence electrons. The van der Waals surface area contributed by atoms with Crippen LogP contribution in [0.15, 0.2) is 59.0 Å². The monoisotopic (exact) mass is 475 g/mol. The van der Waals surface area contributed by atoms with E-state index >= 15 is 0 Å². The molecule has 1 atom stereocenters. The summed E-state index contributed by atoms with van der Waals surface area (Å²) in [7, 11) is 2.71. The molecule has 1 aliphatic heterocycles. The molecule has 1 aliphatic rings. The topological polar surface area (TPSA) is 98.2 Å². The zero-order valence-electron chi connectivity index (χ0n) is 18.8. The van der Waals surface area contributed by atoms with Gasteiger partial charge in [0.05, 0.1) is 16.5 Å². The number of benzene rings is 2. The number of carbonyl (C=O) groups excluding carboxylic acids is 2. The van der Waals surface area contributed by atoms with Gasteiger partial charge < -0.3 is 14.9 Å². The fourth-order valence-corrected chi connectivity index (χ4v) is 4.49. The highest BCUT2D eigenvalue weighted by atomic mass is 32.2. The van der Waals surface area contributed by atoms with Crippen LogP contribution >= 0.6 is 0 Å². The van der Waals surface area contributed by atoms with Crippen molar-refractivity contribution >= 4 is 27.5 Å². The molecule has 1 heterocycles. The van der Waals surface area contributed by atoms with Gasteiger partial charge >= 0.3 is 0 Å². The van der Waals surface area contributed by atoms with E-state index in [4.69, 9.17) is 0 Å². The van der Waals surface area contributed by atoms with Crippen LogP contribution in [0.3, 0.4) is 0 Å². The third-order valence-corrected chi connectivity index (χ3v) is 7.26. The van der Waals surface area contributed by atoms with Crippen molar-refractivity contribution in [2.45, 2.75) is 10.9 Å². The predicted molar refractivity (Wildman–Crippen MR) is 121 cm³/mol. The maximum Gasteiger partial charge on any atom is 0.295 e. The van der Waals surface area contributed by atoms with Gasteiger partial charge in [0.2, 0.25) is 10.0 Å². The molecular formula is C23H26FN3O5S. The number of aliphatic hydroxyl groups is 1. The summed E-state index contributed by atoms with van der Waals surface area (Å²) in [6.45, 7) is 0.572. The van der Waals surface area contributed by atoms with Gasteiger partial charge in [-0.25, -0.2) is 17.1 Å². The van der Waals surface area contributed by atoms with Crippen LogP contribution in [0.1, 0.15) is 17.2 Å². The van der Waals surface area contributed by atoms with Crippen LogP contribution in [0.2, 0.25) is 0 Å². The van der Waals surface area contributed by atoms with Gasteiger partial charge in [-0.1, -0.05) is 18.2 Å². The average Bonchev–Trinajstić information content (AvgIpc) is 3.02. The maximum atomic E-state index is 14.7. The second kappa shape index (κ2) is 9.42. The first kappa shape index (κ1) is 24.6. The van der Waals surface area contributed by atoms with Crippen LogP contribution in [-0.2, 0) is 19.6 Å². The van der Waals surface area contributed by atoms with E-state index in [0.29, 0.717) is 6.54 Å². The number of hydrogen-bond acceptors (Lipinski definition) is 6. The Balaban J connectivity index is 2.14. The number of likely N-dealkylation sites (tertiary alicyclic amines) is 1. The minimum Gasteiger partial charge on any atom is -0.507 e. The number of aliphatic hydroxyl groups excluding tert-OH is 1. The number of likely N-dealkylation sites (N-methyl/N-ethyl adjacent to an activating group) is 1. The minimum absolute atomic E-state index is 0.00105. The highest BCUT2D eigenvalue weighted by Gasteiger charge is 2.46. The minimum atomic E-state index is -3.69. The van der Waals surface area contributed by atoms with Gasteiger partial charge in [-0.15, -0.1) is 0 Å². The van der Waals surface area contributed by atoms with Crippen LogP contribution in [0.4, 0.5) is 4.39 Å². The third-order valence-electron chi connectivity index (χ3n) is 5.43. The van der Waals surface area contributed by atoms with Crippen LogP contribution in [-0.4, -0.2) is 80.6 Å². The number of nitrogens with zero attached hydrogens (tertiary/aromatic N) is 3. The molecule has 0 aliphatic carbocycles. The Morgan fingerprint density at radius 1 is 1.03 bits per heavy atom. The number of rotatable bonds is 7. The molecule has 8 nitrogen and oxygen atoms in total. The fourth-order valence-electron chi connectivity index (χ4n) is 3.59. The summed E-state index contributed by atoms with van der Waals surface area (Å²) in [6, 6.07) is 9.94. The molecule has 0 radical (unpaired) electrons. The molecule has 1 saturated heterocycles. The fraction of sp³-hybridized carbons (Fsp3) is 0.304. The number of halogens is 1. The van der Waals surface area contributed by atoms with E-state index in [2.05, 4.69) is 0 Å². The van der Waals surface area contributed by atoms with E-state index < -0.39 is 39.3 Å². The summed E-state index contributed by atoms with van der Waals surface area (Å²) in [4.78, 5) is 28.8. The Labute approximate surface area is 192 Å². The molecule has 0 bridgehead atoms. The molecule has 1 N–H and O–H groups in total. The van der Waals surface area contributed by atoms with Gasteiger partial charge in [0.25, 0.3) is 11.7 Å². The normalized spacial score (nSPS) is 18.5. The summed E-state index contributed by atoms with van der Waals surface area (Å²) >= 11 is 0. The van der Waals surface area contributed by atoms with Crippen molar-refractivity contribution in [2.75, 3.05) is 41.3 Å². The van der Waals surface area contributed by atoms with E-state index in [1.807, 2.05) is 4.90 Å². The van der Waals surface area contributed by atoms with E-state index in [9.17, 15) is 27.5 Å². The summed E-state index contributed by atoms with van der Waals surface area (Å²) in [5, 5.41) is 11.0. The van der Waals surface area contributed by atoms with Crippen LogP contribution in [0.5, 0.6) is 0 Å². The molecule has 3 rings (SSSR count). The first-order valence-corrected chi connectivity index (χ1v) is 11.6. The molecule has 2 aromatic rings. The maximum absolute atomic E-state index is 14.7. The van der Waals surface area contributed by atoms with Crippen LogP contribution in [0.25, 0.3) is 5.76 Å². The zero-order valence-corrected chi connectivity index (χ0v) is 19.6. The summed E-state index contributed by atoms with van der Waals surface area (Å²) < 4.78 is 40.4. The van der Waals surface area contributed by atoms with Crippen molar-refractivity contribution in [1.29, 1.82) is 0 Å². The van der Waals surface area contributed by atoms with Crippen LogP contribution in [0, 0.1) is 5.82 Å². The van der Waals surface area contributed by atoms with E-state index in [0.717, 1.165) is 4.31 Å². The lowest BCUT2D eigenvalue weighted by Gasteiger charge is -2.26. The summed E-state index contributed by atoms with van der Waals surface area (Å²) in [5.41, 5.74) is -0.0180. The van der Waals surface area contributed by atoms with Gasteiger partial charge in [-0.2, -0.15) is 0 Å². The smallest absolute Gasteiger partial charge is 0.295 e. The van der Waals surface area contributed by atoms with Crippen molar-refractivity contribution < 1.29 is 27.5 Å². The number of carbonyl (C=O) groups is 2. The van der Waals surface area contributed by atoms with Crippen molar-refractivity contribution in [3.63, 3.8) is 0 Å². The molecule has 1 amide bonds. The summed E-state index contributed by atoms with van der Waals surface area (Å²) in [6.07, 6.45) is 0. The van der Waals surface area contributed by atoms with E-state index in [1.54, 1.807) is 20.2 Å². The number of sulfonamides is 1. The van der Waals surface area contributed by atoms with Crippen molar-refractivity contribution in [3.05, 3.63) is 71.0 Å². The Hall–Kier alpha value is -3.08. The quantitative estimate of drug-likeness (QED) is 0.374. The molecule has 33 heavy (non-hydrogen) atoms. The van der Waals surface area contributed by atoms with Gasteiger partial charge in [-0.3, -0.25) is 9.59 Å². The number of amides is 1. The molecule has 0 unspecified atom stereocenters. The number of Topliss-reactive ketones (excluding diaryl/α,β-unsaturated/α-hetero) is 1. The average molecular weight is 476 g/mol. The van der Waals surface area contributed by atoms with Crippen molar-refractivity contribution in [2.24, 2.45) is 0 Å². The lowest BCUT2D eigenvalue weighted by Crippen LogP contribution is -2.35. The second-order valence-corrected chi connectivity index (χ2v) is 10.3. The first-order chi connectivity index (χ1) is 15.5. The van der Waals surface area contributed by atoms with Crippen molar-refractivity contribution in [3.8, 4) is 0 Å². The molecule has 0 aromatic heterocycles. The SMILES string of the molecule is CN(C)CCN1C(=O)C(=O)C(=C(O)c2ccc(S(=O)(=O)N(C)C)cc2)[C@@H]1c1ccccc1F. The van der Waals surface area contributed by atoms with Gasteiger partial charge in [-0.05, 0) is 44.4 Å². The third kappa shape index (κ3) is 4.68. The molecule has 10 heteroatoms. The lowest BCUT2D eigenvalue weighted by molar-refractivity contribution is -0.140. The number of ketones is 1. The molecular weight excluding hydrogens is 449 g/mol. The summed E-state index contributed by atoms with van der Waals surface area (Å²) in [5.74, 6) is -2.87. The Morgan fingerprint density at radius 3 is 2.18 bits per heavy atom. The zero-order chi connectivity index (χ0) is 24.5.